The van der Waals surface area contributed by atoms with Crippen molar-refractivity contribution in [2.45, 2.75) is 32.7 Å². The van der Waals surface area contributed by atoms with Crippen LogP contribution in [0.25, 0.3) is 0 Å². The van der Waals surface area contributed by atoms with Gasteiger partial charge in [0.05, 0.1) is 6.61 Å². The van der Waals surface area contributed by atoms with Crippen molar-refractivity contribution in [3.05, 3.63) is 0 Å². The van der Waals surface area contributed by atoms with E-state index in [9.17, 15) is 4.79 Å². The van der Waals surface area contributed by atoms with Gasteiger partial charge < -0.3 is 15.4 Å². The van der Waals surface area contributed by atoms with Crippen molar-refractivity contribution in [2.75, 3.05) is 26.8 Å². The van der Waals surface area contributed by atoms with Gasteiger partial charge in [-0.15, -0.1) is 0 Å². The predicted octanol–water partition coefficient (Wildman–Crippen LogP) is 0.527. The van der Waals surface area contributed by atoms with Gasteiger partial charge in [-0.3, -0.25) is 4.79 Å². The molecule has 2 N–H and O–H groups in total. The normalized spacial score (nSPS) is 11.4. The monoisotopic (exact) mass is 202 g/mol. The Labute approximate surface area is 86.4 Å². The van der Waals surface area contributed by atoms with Gasteiger partial charge >= 0.3 is 0 Å². The first-order chi connectivity index (χ1) is 6.52. The van der Waals surface area contributed by atoms with Crippen LogP contribution >= 0.6 is 0 Å². The maximum Gasteiger partial charge on any atom is 0.246 e. The van der Waals surface area contributed by atoms with E-state index >= 15 is 0 Å². The van der Waals surface area contributed by atoms with Gasteiger partial charge in [0, 0.05) is 12.1 Å². The zero-order valence-corrected chi connectivity index (χ0v) is 9.64. The Morgan fingerprint density at radius 2 is 2.07 bits per heavy atom. The largest absolute Gasteiger partial charge is 0.370 e. The minimum absolute atomic E-state index is 0.0482. The summed E-state index contributed by atoms with van der Waals surface area (Å²) in [6.45, 7) is 7.52. The lowest BCUT2D eigenvalue weighted by molar-refractivity contribution is -0.127. The maximum absolute atomic E-state index is 11.3. The van der Waals surface area contributed by atoms with E-state index in [1.165, 1.54) is 0 Å². The number of amides is 1. The van der Waals surface area contributed by atoms with Gasteiger partial charge in [0.25, 0.3) is 0 Å². The van der Waals surface area contributed by atoms with Crippen LogP contribution in [0.1, 0.15) is 27.2 Å². The maximum atomic E-state index is 11.3. The van der Waals surface area contributed by atoms with Gasteiger partial charge in [0.15, 0.2) is 0 Å². The molecule has 0 saturated heterocycles. The van der Waals surface area contributed by atoms with E-state index in [0.717, 1.165) is 13.0 Å². The highest BCUT2D eigenvalue weighted by molar-refractivity contribution is 5.77. The number of hydrogen-bond donors (Lipinski definition) is 2. The first-order valence-electron chi connectivity index (χ1n) is 5.05. The van der Waals surface area contributed by atoms with Crippen molar-refractivity contribution in [1.29, 1.82) is 0 Å². The van der Waals surface area contributed by atoms with Crippen LogP contribution in [-0.2, 0) is 9.53 Å². The molecule has 0 unspecified atom stereocenters. The van der Waals surface area contributed by atoms with E-state index in [1.807, 2.05) is 27.8 Å². The summed E-state index contributed by atoms with van der Waals surface area (Å²) in [5.41, 5.74) is -0.135. The fourth-order valence-corrected chi connectivity index (χ4v) is 0.841. The highest BCUT2D eigenvalue weighted by Gasteiger charge is 2.17. The first-order valence-corrected chi connectivity index (χ1v) is 5.05. The van der Waals surface area contributed by atoms with Gasteiger partial charge in [0.1, 0.15) is 6.61 Å². The summed E-state index contributed by atoms with van der Waals surface area (Å²) >= 11 is 0. The van der Waals surface area contributed by atoms with Crippen LogP contribution in [0.15, 0.2) is 0 Å². The van der Waals surface area contributed by atoms with Gasteiger partial charge in [0.2, 0.25) is 5.91 Å². The zero-order valence-electron chi connectivity index (χ0n) is 9.64. The SMILES string of the molecule is CCC(C)(C)NC(=O)COCCNC. The molecule has 0 aromatic rings. The van der Waals surface area contributed by atoms with Gasteiger partial charge in [-0.1, -0.05) is 6.92 Å². The lowest BCUT2D eigenvalue weighted by Gasteiger charge is -2.24. The summed E-state index contributed by atoms with van der Waals surface area (Å²) in [4.78, 5) is 11.3. The number of rotatable bonds is 7. The number of hydrogen-bond acceptors (Lipinski definition) is 3. The molecule has 84 valence electrons. The van der Waals surface area contributed by atoms with E-state index in [1.54, 1.807) is 0 Å². The fourth-order valence-electron chi connectivity index (χ4n) is 0.841. The first kappa shape index (κ1) is 13.4. The molecule has 0 atom stereocenters. The van der Waals surface area contributed by atoms with Crippen LogP contribution in [0, 0.1) is 0 Å². The molecular formula is C10H22N2O2. The number of carbonyl (C=O) groups is 1. The van der Waals surface area contributed by atoms with Crippen molar-refractivity contribution in [2.24, 2.45) is 0 Å². The molecule has 0 bridgehead atoms. The Hall–Kier alpha value is -0.610. The topological polar surface area (TPSA) is 50.4 Å². The molecular weight excluding hydrogens is 180 g/mol. The quantitative estimate of drug-likeness (QED) is 0.592. The molecule has 0 heterocycles. The van der Waals surface area contributed by atoms with Crippen LogP contribution in [0.3, 0.4) is 0 Å². The summed E-state index contributed by atoms with van der Waals surface area (Å²) in [7, 11) is 1.85. The van der Waals surface area contributed by atoms with E-state index < -0.39 is 0 Å². The van der Waals surface area contributed by atoms with Gasteiger partial charge in [-0.25, -0.2) is 0 Å². The van der Waals surface area contributed by atoms with E-state index in [-0.39, 0.29) is 18.1 Å². The Morgan fingerprint density at radius 3 is 2.57 bits per heavy atom. The molecule has 4 nitrogen and oxygen atoms in total. The van der Waals surface area contributed by atoms with Crippen LogP contribution in [0.2, 0.25) is 0 Å². The molecule has 0 aliphatic heterocycles. The molecule has 0 rings (SSSR count). The highest BCUT2D eigenvalue weighted by atomic mass is 16.5. The minimum Gasteiger partial charge on any atom is -0.370 e. The number of likely N-dealkylation sites (N-methyl/N-ethyl adjacent to an activating group) is 1. The van der Waals surface area contributed by atoms with Crippen LogP contribution in [0.5, 0.6) is 0 Å². The molecule has 0 aromatic carbocycles. The second-order valence-electron chi connectivity index (χ2n) is 3.94. The van der Waals surface area contributed by atoms with E-state index in [0.29, 0.717) is 6.61 Å². The third kappa shape index (κ3) is 6.86. The van der Waals surface area contributed by atoms with Crippen LogP contribution in [-0.4, -0.2) is 38.3 Å². The van der Waals surface area contributed by atoms with Crippen molar-refractivity contribution < 1.29 is 9.53 Å². The molecule has 14 heavy (non-hydrogen) atoms. The number of carbonyl (C=O) groups excluding carboxylic acids is 1. The molecule has 1 amide bonds. The predicted molar refractivity (Wildman–Crippen MR) is 57.3 cm³/mol. The fraction of sp³-hybridized carbons (Fsp3) is 0.900. The standard InChI is InChI=1S/C10H22N2O2/c1-5-10(2,3)12-9(13)8-14-7-6-11-4/h11H,5-8H2,1-4H3,(H,12,13). The van der Waals surface area contributed by atoms with Crippen molar-refractivity contribution >= 4 is 5.91 Å². The Balaban J connectivity index is 3.55. The summed E-state index contributed by atoms with van der Waals surface area (Å²) < 4.78 is 5.15. The second kappa shape index (κ2) is 6.79. The molecule has 0 aromatic heterocycles. The summed E-state index contributed by atoms with van der Waals surface area (Å²) in [5.74, 6) is -0.0482. The average molecular weight is 202 g/mol. The van der Waals surface area contributed by atoms with E-state index in [2.05, 4.69) is 10.6 Å². The van der Waals surface area contributed by atoms with Crippen molar-refractivity contribution in [1.82, 2.24) is 10.6 Å². The third-order valence-electron chi connectivity index (χ3n) is 2.09. The molecule has 0 saturated carbocycles. The van der Waals surface area contributed by atoms with E-state index in [4.69, 9.17) is 4.74 Å². The highest BCUT2D eigenvalue weighted by Crippen LogP contribution is 2.05. The second-order valence-corrected chi connectivity index (χ2v) is 3.94. The van der Waals surface area contributed by atoms with Crippen molar-refractivity contribution in [3.8, 4) is 0 Å². The molecule has 0 fully saturated rings. The molecule has 0 aliphatic rings. The minimum atomic E-state index is -0.135. The summed E-state index contributed by atoms with van der Waals surface area (Å²) in [6.07, 6.45) is 0.912. The summed E-state index contributed by atoms with van der Waals surface area (Å²) in [5, 5.41) is 5.84. The van der Waals surface area contributed by atoms with Gasteiger partial charge in [-0.05, 0) is 27.3 Å². The molecule has 4 heteroatoms. The Morgan fingerprint density at radius 1 is 1.43 bits per heavy atom. The average Bonchev–Trinajstić information content (AvgIpc) is 2.12. The molecule has 0 aliphatic carbocycles. The number of nitrogens with one attached hydrogen (secondary N) is 2. The van der Waals surface area contributed by atoms with Crippen molar-refractivity contribution in [3.63, 3.8) is 0 Å². The van der Waals surface area contributed by atoms with Crippen LogP contribution < -0.4 is 10.6 Å². The zero-order chi connectivity index (χ0) is 11.0. The lowest BCUT2D eigenvalue weighted by atomic mass is 10.0. The smallest absolute Gasteiger partial charge is 0.246 e. The summed E-state index contributed by atoms with van der Waals surface area (Å²) in [6, 6.07) is 0. The Kier molecular flexibility index (Phi) is 6.49. The Bertz CT molecular complexity index is 170. The van der Waals surface area contributed by atoms with Gasteiger partial charge in [-0.2, -0.15) is 0 Å². The van der Waals surface area contributed by atoms with Crippen LogP contribution in [0.4, 0.5) is 0 Å². The number of ether oxygens (including phenoxy) is 1. The third-order valence-corrected chi connectivity index (χ3v) is 2.09. The molecule has 0 spiro atoms. The molecule has 0 radical (unpaired) electrons. The lowest BCUT2D eigenvalue weighted by Crippen LogP contribution is -2.44.